The number of halogens is 1. The Morgan fingerprint density at radius 2 is 2.12 bits per heavy atom. The van der Waals surface area contributed by atoms with Crippen molar-refractivity contribution in [1.29, 1.82) is 5.26 Å². The summed E-state index contributed by atoms with van der Waals surface area (Å²) in [7, 11) is 0. The molecule has 0 fully saturated rings. The molecule has 1 aromatic rings. The molecular formula is C11H10BrNO3. The highest BCUT2D eigenvalue weighted by Gasteiger charge is 2.19. The van der Waals surface area contributed by atoms with Gasteiger partial charge in [-0.05, 0) is 32.0 Å². The first-order chi connectivity index (χ1) is 7.34. The topological polar surface area (TPSA) is 70.3 Å². The zero-order valence-electron chi connectivity index (χ0n) is 8.82. The molecule has 0 aliphatic carbocycles. The smallest absolute Gasteiger partial charge is 0.335 e. The molecule has 16 heavy (non-hydrogen) atoms. The highest BCUT2D eigenvalue weighted by Crippen LogP contribution is 2.24. The lowest BCUT2D eigenvalue weighted by Crippen LogP contribution is -2.25. The van der Waals surface area contributed by atoms with E-state index in [0.29, 0.717) is 10.2 Å². The van der Waals surface area contributed by atoms with Crippen molar-refractivity contribution < 1.29 is 14.6 Å². The maximum Gasteiger partial charge on any atom is 0.335 e. The number of hydrogen-bond donors (Lipinski definition) is 1. The molecule has 4 nitrogen and oxygen atoms in total. The molecule has 0 unspecified atom stereocenters. The van der Waals surface area contributed by atoms with Crippen LogP contribution in [0.4, 0.5) is 0 Å². The van der Waals surface area contributed by atoms with E-state index in [2.05, 4.69) is 15.9 Å². The molecule has 0 spiro atoms. The van der Waals surface area contributed by atoms with Gasteiger partial charge in [0.05, 0.1) is 5.56 Å². The molecule has 1 N–H and O–H groups in total. The summed E-state index contributed by atoms with van der Waals surface area (Å²) < 4.78 is 5.96. The van der Waals surface area contributed by atoms with E-state index < -0.39 is 11.6 Å². The van der Waals surface area contributed by atoms with Crippen LogP contribution in [-0.2, 0) is 0 Å². The fraction of sp³-hybridized carbons (Fsp3) is 0.273. The Morgan fingerprint density at radius 1 is 1.50 bits per heavy atom. The summed E-state index contributed by atoms with van der Waals surface area (Å²) in [6.07, 6.45) is 0. The Morgan fingerprint density at radius 3 is 2.62 bits per heavy atom. The Bertz CT molecular complexity index is 463. The number of carbonyl (C=O) groups is 1. The first-order valence-corrected chi connectivity index (χ1v) is 5.27. The monoisotopic (exact) mass is 283 g/mol. The van der Waals surface area contributed by atoms with Gasteiger partial charge in [-0.15, -0.1) is 0 Å². The Labute approximate surface area is 102 Å². The van der Waals surface area contributed by atoms with Crippen LogP contribution in [0.3, 0.4) is 0 Å². The van der Waals surface area contributed by atoms with Crippen molar-refractivity contribution in [3.05, 3.63) is 28.2 Å². The summed E-state index contributed by atoms with van der Waals surface area (Å²) in [5.74, 6) is -0.695. The largest absolute Gasteiger partial charge is 0.478 e. The number of nitrogens with zero attached hydrogens (tertiary/aromatic N) is 1. The standard InChI is InChI=1S/C11H10BrNO3/c1-11(2,6-13)16-9-4-7(10(14)15)3-8(12)5-9/h3-5H,1-2H3,(H,14,15). The van der Waals surface area contributed by atoms with Crippen LogP contribution < -0.4 is 4.74 Å². The number of rotatable bonds is 3. The Kier molecular flexibility index (Phi) is 3.55. The zero-order chi connectivity index (χ0) is 12.3. The van der Waals surface area contributed by atoms with Gasteiger partial charge in [0, 0.05) is 4.47 Å². The molecule has 0 aliphatic heterocycles. The molecule has 0 aromatic heterocycles. The van der Waals surface area contributed by atoms with E-state index in [1.807, 2.05) is 6.07 Å². The molecular weight excluding hydrogens is 274 g/mol. The van der Waals surface area contributed by atoms with E-state index >= 15 is 0 Å². The van der Waals surface area contributed by atoms with Crippen LogP contribution in [0.25, 0.3) is 0 Å². The lowest BCUT2D eigenvalue weighted by Gasteiger charge is -2.18. The molecule has 0 heterocycles. The van der Waals surface area contributed by atoms with Gasteiger partial charge in [0.1, 0.15) is 11.8 Å². The molecule has 0 saturated heterocycles. The van der Waals surface area contributed by atoms with E-state index in [1.165, 1.54) is 12.1 Å². The molecule has 0 aliphatic rings. The van der Waals surface area contributed by atoms with Crippen molar-refractivity contribution in [2.45, 2.75) is 19.4 Å². The summed E-state index contributed by atoms with van der Waals surface area (Å²) in [6, 6.07) is 6.44. The van der Waals surface area contributed by atoms with Crippen molar-refractivity contribution in [1.82, 2.24) is 0 Å². The second kappa shape index (κ2) is 4.54. The molecule has 84 valence electrons. The summed E-state index contributed by atoms with van der Waals surface area (Å²) in [4.78, 5) is 10.8. The number of benzene rings is 1. The van der Waals surface area contributed by atoms with E-state index in [9.17, 15) is 4.79 Å². The normalized spacial score (nSPS) is 10.6. The minimum absolute atomic E-state index is 0.109. The lowest BCUT2D eigenvalue weighted by atomic mass is 10.1. The summed E-state index contributed by atoms with van der Waals surface area (Å²) >= 11 is 3.18. The third kappa shape index (κ3) is 3.24. The van der Waals surface area contributed by atoms with E-state index in [-0.39, 0.29) is 5.56 Å². The minimum atomic E-state index is -1.04. The Balaban J connectivity index is 3.07. The van der Waals surface area contributed by atoms with Crippen LogP contribution >= 0.6 is 15.9 Å². The zero-order valence-corrected chi connectivity index (χ0v) is 10.4. The molecule has 0 bridgehead atoms. The van der Waals surface area contributed by atoms with Crippen molar-refractivity contribution in [3.63, 3.8) is 0 Å². The number of carboxylic acid groups (broad SMARTS) is 1. The van der Waals surface area contributed by atoms with Crippen LogP contribution in [-0.4, -0.2) is 16.7 Å². The molecule has 1 aromatic carbocycles. The fourth-order valence-corrected chi connectivity index (χ4v) is 1.53. The van der Waals surface area contributed by atoms with Gasteiger partial charge in [-0.2, -0.15) is 5.26 Å². The number of aromatic carboxylic acids is 1. The van der Waals surface area contributed by atoms with Gasteiger partial charge in [-0.3, -0.25) is 0 Å². The van der Waals surface area contributed by atoms with Gasteiger partial charge in [0.15, 0.2) is 5.60 Å². The average Bonchev–Trinajstić information content (AvgIpc) is 2.16. The first kappa shape index (κ1) is 12.5. The molecule has 0 radical (unpaired) electrons. The molecule has 0 amide bonds. The number of ether oxygens (including phenoxy) is 1. The van der Waals surface area contributed by atoms with E-state index in [1.54, 1.807) is 19.9 Å². The van der Waals surface area contributed by atoms with Gasteiger partial charge < -0.3 is 9.84 Å². The van der Waals surface area contributed by atoms with Crippen LogP contribution in [0.2, 0.25) is 0 Å². The third-order valence-electron chi connectivity index (χ3n) is 1.76. The van der Waals surface area contributed by atoms with Crippen molar-refractivity contribution >= 4 is 21.9 Å². The third-order valence-corrected chi connectivity index (χ3v) is 2.22. The predicted octanol–water partition coefficient (Wildman–Crippen LogP) is 2.83. The Hall–Kier alpha value is -1.54. The summed E-state index contributed by atoms with van der Waals surface area (Å²) in [5.41, 5.74) is -0.880. The predicted molar refractivity (Wildman–Crippen MR) is 61.4 cm³/mol. The van der Waals surface area contributed by atoms with E-state index in [0.717, 1.165) is 0 Å². The van der Waals surface area contributed by atoms with Gasteiger partial charge in [0.2, 0.25) is 0 Å². The van der Waals surface area contributed by atoms with E-state index in [4.69, 9.17) is 15.1 Å². The number of hydrogen-bond acceptors (Lipinski definition) is 3. The van der Waals surface area contributed by atoms with Crippen LogP contribution in [0.1, 0.15) is 24.2 Å². The van der Waals surface area contributed by atoms with Gasteiger partial charge >= 0.3 is 5.97 Å². The second-order valence-corrected chi connectivity index (χ2v) is 4.62. The lowest BCUT2D eigenvalue weighted by molar-refractivity contribution is 0.0695. The molecule has 1 rings (SSSR count). The highest BCUT2D eigenvalue weighted by atomic mass is 79.9. The molecule has 0 saturated carbocycles. The minimum Gasteiger partial charge on any atom is -0.478 e. The maximum atomic E-state index is 10.8. The molecule has 0 atom stereocenters. The number of nitriles is 1. The molecule has 5 heteroatoms. The first-order valence-electron chi connectivity index (χ1n) is 4.48. The SMILES string of the molecule is CC(C)(C#N)Oc1cc(Br)cc(C(=O)O)c1. The fourth-order valence-electron chi connectivity index (χ4n) is 1.06. The van der Waals surface area contributed by atoms with Crippen molar-refractivity contribution in [2.24, 2.45) is 0 Å². The van der Waals surface area contributed by atoms with Gasteiger partial charge in [-0.1, -0.05) is 15.9 Å². The average molecular weight is 284 g/mol. The van der Waals surface area contributed by atoms with Crippen molar-refractivity contribution in [3.8, 4) is 11.8 Å². The highest BCUT2D eigenvalue weighted by molar-refractivity contribution is 9.10. The quantitative estimate of drug-likeness (QED) is 0.926. The summed E-state index contributed by atoms with van der Waals surface area (Å²) in [5, 5.41) is 17.6. The van der Waals surface area contributed by atoms with Crippen LogP contribution in [0, 0.1) is 11.3 Å². The number of carboxylic acids is 1. The van der Waals surface area contributed by atoms with Crippen LogP contribution in [0.15, 0.2) is 22.7 Å². The summed E-state index contributed by atoms with van der Waals surface area (Å²) in [6.45, 7) is 3.21. The maximum absolute atomic E-state index is 10.8. The van der Waals surface area contributed by atoms with Gasteiger partial charge in [0.25, 0.3) is 0 Å². The van der Waals surface area contributed by atoms with Gasteiger partial charge in [-0.25, -0.2) is 4.79 Å². The second-order valence-electron chi connectivity index (χ2n) is 3.70. The van der Waals surface area contributed by atoms with Crippen molar-refractivity contribution in [2.75, 3.05) is 0 Å². The van der Waals surface area contributed by atoms with Crippen LogP contribution in [0.5, 0.6) is 5.75 Å².